The lowest BCUT2D eigenvalue weighted by molar-refractivity contribution is -0.152. The van der Waals surface area contributed by atoms with Crippen molar-refractivity contribution in [3.63, 3.8) is 0 Å². The van der Waals surface area contributed by atoms with Gasteiger partial charge in [0.05, 0.1) is 6.61 Å². The molecular formula is C13H25O6P. The van der Waals surface area contributed by atoms with Crippen molar-refractivity contribution < 1.29 is 27.9 Å². The molecule has 20 heavy (non-hydrogen) atoms. The van der Waals surface area contributed by atoms with Crippen LogP contribution in [0.4, 0.5) is 0 Å². The summed E-state index contributed by atoms with van der Waals surface area (Å²) < 4.78 is 32.9. The fourth-order valence-corrected chi connectivity index (χ4v) is 2.78. The van der Waals surface area contributed by atoms with Crippen LogP contribution in [0.5, 0.6) is 0 Å². The fourth-order valence-electron chi connectivity index (χ4n) is 1.50. The zero-order chi connectivity index (χ0) is 16.0. The van der Waals surface area contributed by atoms with Crippen LogP contribution in [0.1, 0.15) is 34.1 Å². The third kappa shape index (κ3) is 5.37. The lowest BCUT2D eigenvalue weighted by Crippen LogP contribution is -2.32. The number of hydrogen-bond acceptors (Lipinski definition) is 6. The van der Waals surface area contributed by atoms with E-state index in [2.05, 4.69) is 6.58 Å². The van der Waals surface area contributed by atoms with Crippen molar-refractivity contribution >= 4 is 13.6 Å². The highest BCUT2D eigenvalue weighted by Gasteiger charge is 2.43. The van der Waals surface area contributed by atoms with Gasteiger partial charge in [0.2, 0.25) is 0 Å². The second kappa shape index (κ2) is 7.36. The van der Waals surface area contributed by atoms with E-state index in [-0.39, 0.29) is 6.61 Å². The molecule has 0 unspecified atom stereocenters. The summed E-state index contributed by atoms with van der Waals surface area (Å²) in [4.78, 5) is 11.2. The number of rotatable bonds is 9. The summed E-state index contributed by atoms with van der Waals surface area (Å²) in [7, 11) is -0.724. The van der Waals surface area contributed by atoms with Crippen molar-refractivity contribution in [1.82, 2.24) is 0 Å². The Labute approximate surface area is 121 Å². The van der Waals surface area contributed by atoms with Gasteiger partial charge in [-0.1, -0.05) is 6.58 Å². The Bertz CT molecular complexity index is 380. The summed E-state index contributed by atoms with van der Waals surface area (Å²) in [5.74, 6) is -0.492. The largest absolute Gasteiger partial charge is 0.456 e. The zero-order valence-electron chi connectivity index (χ0n) is 13.1. The van der Waals surface area contributed by atoms with Gasteiger partial charge in [0.15, 0.2) is 5.34 Å². The Morgan fingerprint density at radius 3 is 2.10 bits per heavy atom. The van der Waals surface area contributed by atoms with Gasteiger partial charge < -0.3 is 18.5 Å². The Hall–Kier alpha value is -0.680. The molecule has 6 nitrogen and oxygen atoms in total. The summed E-state index contributed by atoms with van der Waals surface area (Å²) in [6.45, 7) is 10.4. The van der Waals surface area contributed by atoms with E-state index in [0.717, 1.165) is 6.08 Å². The standard InChI is InChI=1S/C13H25O6P/c1-8-11(14)19-12(2,3)9-10-18-13(4,5)20(15,16-6)17-7/h8H,1,9-10H2,2-7H3. The summed E-state index contributed by atoms with van der Waals surface area (Å²) in [6.07, 6.45) is 1.54. The van der Waals surface area contributed by atoms with Crippen LogP contribution >= 0.6 is 7.60 Å². The maximum atomic E-state index is 12.3. The molecule has 0 spiro atoms. The molecule has 0 bridgehead atoms. The minimum Gasteiger partial charge on any atom is -0.456 e. The Morgan fingerprint density at radius 1 is 1.20 bits per heavy atom. The zero-order valence-corrected chi connectivity index (χ0v) is 14.0. The molecule has 0 amide bonds. The summed E-state index contributed by atoms with van der Waals surface area (Å²) in [5.41, 5.74) is -0.703. The SMILES string of the molecule is C=CC(=O)OC(C)(C)CCOC(C)(C)P(=O)(OC)OC. The fraction of sp³-hybridized carbons (Fsp3) is 0.769. The molecule has 0 aromatic heterocycles. The highest BCUT2D eigenvalue weighted by Crippen LogP contribution is 2.59. The van der Waals surface area contributed by atoms with Gasteiger partial charge in [-0.05, 0) is 27.7 Å². The van der Waals surface area contributed by atoms with Crippen LogP contribution in [0, 0.1) is 0 Å². The number of carbonyl (C=O) groups is 1. The molecule has 0 rings (SSSR count). The van der Waals surface area contributed by atoms with Crippen LogP contribution in [0.15, 0.2) is 12.7 Å². The minimum absolute atomic E-state index is 0.237. The molecule has 0 aliphatic carbocycles. The predicted molar refractivity (Wildman–Crippen MR) is 76.6 cm³/mol. The van der Waals surface area contributed by atoms with Crippen LogP contribution < -0.4 is 0 Å². The molecule has 0 saturated heterocycles. The van der Waals surface area contributed by atoms with E-state index in [1.165, 1.54) is 14.2 Å². The average Bonchev–Trinajstić information content (AvgIpc) is 2.36. The van der Waals surface area contributed by atoms with Crippen LogP contribution in [-0.2, 0) is 27.9 Å². The lowest BCUT2D eigenvalue weighted by Gasteiger charge is -2.32. The first-order valence-electron chi connectivity index (χ1n) is 6.24. The van der Waals surface area contributed by atoms with E-state index in [1.54, 1.807) is 27.7 Å². The van der Waals surface area contributed by atoms with E-state index >= 15 is 0 Å². The maximum Gasteiger partial charge on any atom is 0.361 e. The molecule has 0 N–H and O–H groups in total. The van der Waals surface area contributed by atoms with Gasteiger partial charge in [0.25, 0.3) is 0 Å². The van der Waals surface area contributed by atoms with Gasteiger partial charge in [0.1, 0.15) is 5.60 Å². The molecule has 118 valence electrons. The molecule has 0 aliphatic heterocycles. The highest BCUT2D eigenvalue weighted by molar-refractivity contribution is 7.55. The predicted octanol–water partition coefficient (Wildman–Crippen LogP) is 3.12. The van der Waals surface area contributed by atoms with Gasteiger partial charge in [-0.2, -0.15) is 0 Å². The van der Waals surface area contributed by atoms with Crippen LogP contribution in [0.3, 0.4) is 0 Å². The molecule has 0 aromatic carbocycles. The first-order valence-corrected chi connectivity index (χ1v) is 7.79. The van der Waals surface area contributed by atoms with E-state index in [4.69, 9.17) is 18.5 Å². The second-order valence-electron chi connectivity index (χ2n) is 5.29. The lowest BCUT2D eigenvalue weighted by atomic mass is 10.1. The molecule has 0 atom stereocenters. The molecular weight excluding hydrogens is 283 g/mol. The van der Waals surface area contributed by atoms with Crippen LogP contribution in [0.2, 0.25) is 0 Å². The third-order valence-corrected chi connectivity index (χ3v) is 5.25. The first kappa shape index (κ1) is 19.3. The van der Waals surface area contributed by atoms with Crippen molar-refractivity contribution in [3.8, 4) is 0 Å². The number of carbonyl (C=O) groups excluding carboxylic acids is 1. The highest BCUT2D eigenvalue weighted by atomic mass is 31.2. The van der Waals surface area contributed by atoms with Gasteiger partial charge in [-0.25, -0.2) is 4.79 Å². The van der Waals surface area contributed by atoms with Crippen LogP contribution in [-0.4, -0.2) is 37.7 Å². The Kier molecular flexibility index (Phi) is 7.11. The normalized spacial score (nSPS) is 13.1. The second-order valence-corrected chi connectivity index (χ2v) is 8.09. The average molecular weight is 308 g/mol. The topological polar surface area (TPSA) is 71.1 Å². The third-order valence-electron chi connectivity index (χ3n) is 2.84. The molecule has 0 heterocycles. The monoisotopic (exact) mass is 308 g/mol. The maximum absolute atomic E-state index is 12.3. The van der Waals surface area contributed by atoms with Crippen LogP contribution in [0.25, 0.3) is 0 Å². The molecule has 7 heteroatoms. The number of ether oxygens (including phenoxy) is 2. The van der Waals surface area contributed by atoms with Crippen molar-refractivity contribution in [2.75, 3.05) is 20.8 Å². The first-order chi connectivity index (χ1) is 9.03. The van der Waals surface area contributed by atoms with Crippen molar-refractivity contribution in [1.29, 1.82) is 0 Å². The summed E-state index contributed by atoms with van der Waals surface area (Å²) in [5, 5.41) is -1.09. The number of esters is 1. The van der Waals surface area contributed by atoms with E-state index < -0.39 is 24.5 Å². The number of hydrogen-bond donors (Lipinski definition) is 0. The molecule has 0 radical (unpaired) electrons. The minimum atomic E-state index is -3.35. The van der Waals surface area contributed by atoms with Gasteiger partial charge in [0, 0.05) is 26.7 Å². The van der Waals surface area contributed by atoms with Crippen molar-refractivity contribution in [2.45, 2.75) is 45.1 Å². The molecule has 0 aliphatic rings. The summed E-state index contributed by atoms with van der Waals surface area (Å²) in [6, 6.07) is 0. The van der Waals surface area contributed by atoms with Crippen molar-refractivity contribution in [3.05, 3.63) is 12.7 Å². The Balaban J connectivity index is 4.52. The van der Waals surface area contributed by atoms with Gasteiger partial charge in [-0.3, -0.25) is 4.57 Å². The van der Waals surface area contributed by atoms with E-state index in [0.29, 0.717) is 6.42 Å². The molecule has 0 saturated carbocycles. The van der Waals surface area contributed by atoms with Gasteiger partial charge >= 0.3 is 13.6 Å². The summed E-state index contributed by atoms with van der Waals surface area (Å²) >= 11 is 0. The quantitative estimate of drug-likeness (QED) is 0.370. The molecule has 0 aromatic rings. The smallest absolute Gasteiger partial charge is 0.361 e. The van der Waals surface area contributed by atoms with Gasteiger partial charge in [-0.15, -0.1) is 0 Å². The van der Waals surface area contributed by atoms with E-state index in [9.17, 15) is 9.36 Å². The van der Waals surface area contributed by atoms with Crippen molar-refractivity contribution in [2.24, 2.45) is 0 Å². The molecule has 0 fully saturated rings. The van der Waals surface area contributed by atoms with E-state index in [1.807, 2.05) is 0 Å². The Morgan fingerprint density at radius 2 is 1.70 bits per heavy atom.